The fraction of sp³-hybridized carbons (Fsp3) is 0.182. The Morgan fingerprint density at radius 2 is 1.69 bits per heavy atom. The average molecular weight is 548 g/mol. The molecule has 7 rings (SSSR count). The SMILES string of the molecule is CN1CN(c2cccc(Oc3cc4c(-c5cc(C(C)(C)C)ccn5)c5ccsc5cc4s3)c2)c2ccccc21. The van der Waals surface area contributed by atoms with Crippen LogP contribution in [0.2, 0.25) is 0 Å². The van der Waals surface area contributed by atoms with Crippen LogP contribution in [-0.2, 0) is 5.41 Å². The Bertz CT molecular complexity index is 1850. The molecule has 4 heterocycles. The Labute approximate surface area is 236 Å². The van der Waals surface area contributed by atoms with Crippen molar-refractivity contribution in [2.45, 2.75) is 26.2 Å². The number of fused-ring (bicyclic) bond motifs is 3. The molecule has 0 saturated heterocycles. The molecule has 0 unspecified atom stereocenters. The number of benzene rings is 3. The second-order valence-corrected chi connectivity index (χ2v) is 13.1. The number of rotatable bonds is 4. The third-order valence-corrected chi connectivity index (χ3v) is 9.23. The van der Waals surface area contributed by atoms with Crippen LogP contribution < -0.4 is 14.5 Å². The molecule has 0 fully saturated rings. The van der Waals surface area contributed by atoms with Gasteiger partial charge < -0.3 is 14.5 Å². The largest absolute Gasteiger partial charge is 0.447 e. The topological polar surface area (TPSA) is 28.6 Å². The van der Waals surface area contributed by atoms with Crippen molar-refractivity contribution in [2.24, 2.45) is 0 Å². The van der Waals surface area contributed by atoms with E-state index in [2.05, 4.69) is 116 Å². The van der Waals surface area contributed by atoms with Gasteiger partial charge in [-0.3, -0.25) is 4.98 Å². The van der Waals surface area contributed by atoms with Gasteiger partial charge in [0.25, 0.3) is 0 Å². The summed E-state index contributed by atoms with van der Waals surface area (Å²) in [6, 6.07) is 28.0. The highest BCUT2D eigenvalue weighted by molar-refractivity contribution is 7.22. The van der Waals surface area contributed by atoms with Gasteiger partial charge in [0.05, 0.1) is 23.7 Å². The third kappa shape index (κ3) is 4.24. The van der Waals surface area contributed by atoms with Crippen LogP contribution >= 0.6 is 22.7 Å². The van der Waals surface area contributed by atoms with E-state index in [9.17, 15) is 0 Å². The fourth-order valence-corrected chi connectivity index (χ4v) is 7.27. The van der Waals surface area contributed by atoms with E-state index in [-0.39, 0.29) is 5.41 Å². The van der Waals surface area contributed by atoms with Gasteiger partial charge in [-0.1, -0.05) is 50.3 Å². The van der Waals surface area contributed by atoms with Crippen LogP contribution in [0.4, 0.5) is 17.1 Å². The summed E-state index contributed by atoms with van der Waals surface area (Å²) >= 11 is 3.46. The van der Waals surface area contributed by atoms with Crippen molar-refractivity contribution in [2.75, 3.05) is 23.5 Å². The molecule has 194 valence electrons. The predicted molar refractivity (Wildman–Crippen MR) is 168 cm³/mol. The summed E-state index contributed by atoms with van der Waals surface area (Å²) in [5.41, 5.74) is 7.11. The molecule has 1 aliphatic heterocycles. The summed E-state index contributed by atoms with van der Waals surface area (Å²) in [7, 11) is 2.13. The number of pyridine rings is 1. The van der Waals surface area contributed by atoms with E-state index in [4.69, 9.17) is 9.72 Å². The third-order valence-electron chi connectivity index (χ3n) is 7.40. The number of hydrogen-bond acceptors (Lipinski definition) is 6. The highest BCUT2D eigenvalue weighted by Crippen LogP contribution is 2.46. The van der Waals surface area contributed by atoms with Crippen LogP contribution in [0.1, 0.15) is 26.3 Å². The molecule has 3 aromatic heterocycles. The summed E-state index contributed by atoms with van der Waals surface area (Å²) in [5.74, 6) is 0.835. The molecule has 0 spiro atoms. The van der Waals surface area contributed by atoms with E-state index in [1.807, 2.05) is 12.3 Å². The van der Waals surface area contributed by atoms with Crippen LogP contribution in [0.25, 0.3) is 31.4 Å². The Morgan fingerprint density at radius 1 is 0.846 bits per heavy atom. The van der Waals surface area contributed by atoms with Crippen LogP contribution in [0.3, 0.4) is 0 Å². The Kier molecular flexibility index (Phi) is 5.65. The zero-order chi connectivity index (χ0) is 26.7. The molecule has 0 bridgehead atoms. The molecular weight excluding hydrogens is 519 g/mol. The quantitative estimate of drug-likeness (QED) is 0.220. The highest BCUT2D eigenvalue weighted by Gasteiger charge is 2.24. The molecule has 39 heavy (non-hydrogen) atoms. The zero-order valence-electron chi connectivity index (χ0n) is 22.4. The van der Waals surface area contributed by atoms with Gasteiger partial charge in [0.1, 0.15) is 5.75 Å². The van der Waals surface area contributed by atoms with E-state index in [1.165, 1.54) is 42.7 Å². The van der Waals surface area contributed by atoms with Crippen LogP contribution in [0, 0.1) is 0 Å². The molecule has 0 N–H and O–H groups in total. The van der Waals surface area contributed by atoms with Gasteiger partial charge in [-0.25, -0.2) is 0 Å². The molecule has 6 heteroatoms. The summed E-state index contributed by atoms with van der Waals surface area (Å²) in [6.45, 7) is 7.55. The van der Waals surface area contributed by atoms with Gasteiger partial charge in [-0.2, -0.15) is 0 Å². The van der Waals surface area contributed by atoms with Crippen molar-refractivity contribution >= 4 is 59.9 Å². The maximum absolute atomic E-state index is 6.51. The molecular formula is C33H29N3OS2. The summed E-state index contributed by atoms with van der Waals surface area (Å²) in [6.07, 6.45) is 1.94. The van der Waals surface area contributed by atoms with E-state index >= 15 is 0 Å². The number of hydrogen-bond donors (Lipinski definition) is 0. The second kappa shape index (κ2) is 9.11. The van der Waals surface area contributed by atoms with Gasteiger partial charge in [-0.05, 0) is 64.9 Å². The number of para-hydroxylation sites is 2. The highest BCUT2D eigenvalue weighted by atomic mass is 32.1. The number of ether oxygens (including phenoxy) is 1. The molecule has 3 aromatic carbocycles. The van der Waals surface area contributed by atoms with Gasteiger partial charge in [-0.15, -0.1) is 11.3 Å². The number of aromatic nitrogens is 1. The molecule has 0 atom stereocenters. The first-order chi connectivity index (χ1) is 18.8. The molecule has 4 nitrogen and oxygen atoms in total. The van der Waals surface area contributed by atoms with Crippen molar-refractivity contribution < 1.29 is 4.74 Å². The minimum atomic E-state index is 0.0535. The van der Waals surface area contributed by atoms with Crippen LogP contribution in [-0.4, -0.2) is 18.7 Å². The standard InChI is InChI=1S/C33H29N3OS2/c1-33(2,3)21-12-14-34-26(16-21)32-24-13-15-38-29(24)19-30-25(32)18-31(39-30)37-23-9-7-8-22(17-23)36-20-35(4)27-10-5-6-11-28(27)36/h5-19H,20H2,1-4H3. The second-order valence-electron chi connectivity index (χ2n) is 11.1. The Balaban J connectivity index is 1.28. The molecule has 0 amide bonds. The fourth-order valence-electron chi connectivity index (χ4n) is 5.38. The van der Waals surface area contributed by atoms with Crippen LogP contribution in [0.5, 0.6) is 10.8 Å². The zero-order valence-corrected chi connectivity index (χ0v) is 24.1. The monoisotopic (exact) mass is 547 g/mol. The van der Waals surface area contributed by atoms with Gasteiger partial charge in [0.2, 0.25) is 0 Å². The molecule has 0 saturated carbocycles. The smallest absolute Gasteiger partial charge is 0.182 e. The Morgan fingerprint density at radius 3 is 2.54 bits per heavy atom. The molecule has 1 aliphatic rings. The van der Waals surface area contributed by atoms with Crippen molar-refractivity contribution in [3.63, 3.8) is 0 Å². The lowest BCUT2D eigenvalue weighted by molar-refractivity contribution is 0.497. The van der Waals surface area contributed by atoms with Crippen molar-refractivity contribution in [3.8, 4) is 22.1 Å². The van der Waals surface area contributed by atoms with E-state index < -0.39 is 0 Å². The lowest BCUT2D eigenvalue weighted by atomic mass is 9.86. The first-order valence-electron chi connectivity index (χ1n) is 13.1. The maximum Gasteiger partial charge on any atom is 0.182 e. The average Bonchev–Trinajstić information content (AvgIpc) is 3.64. The predicted octanol–water partition coefficient (Wildman–Crippen LogP) is 9.81. The van der Waals surface area contributed by atoms with E-state index in [0.29, 0.717) is 0 Å². The summed E-state index contributed by atoms with van der Waals surface area (Å²) in [5, 5.41) is 5.48. The van der Waals surface area contributed by atoms with E-state index in [1.54, 1.807) is 22.7 Å². The Hall–Kier alpha value is -3.87. The number of thiophene rings is 2. The van der Waals surface area contributed by atoms with Gasteiger partial charge in [0, 0.05) is 56.8 Å². The first-order valence-corrected chi connectivity index (χ1v) is 14.8. The summed E-state index contributed by atoms with van der Waals surface area (Å²) in [4.78, 5) is 9.43. The minimum Gasteiger partial charge on any atom is -0.447 e. The van der Waals surface area contributed by atoms with Crippen molar-refractivity contribution in [1.82, 2.24) is 4.98 Å². The summed E-state index contributed by atoms with van der Waals surface area (Å²) < 4.78 is 8.99. The molecule has 0 radical (unpaired) electrons. The van der Waals surface area contributed by atoms with Gasteiger partial charge in [0.15, 0.2) is 5.06 Å². The van der Waals surface area contributed by atoms with Crippen molar-refractivity contribution in [3.05, 3.63) is 96.0 Å². The molecule has 6 aromatic rings. The normalized spacial score (nSPS) is 13.4. The van der Waals surface area contributed by atoms with Crippen molar-refractivity contribution in [1.29, 1.82) is 0 Å². The van der Waals surface area contributed by atoms with Crippen LogP contribution in [0.15, 0.2) is 90.4 Å². The number of nitrogens with zero attached hydrogens (tertiary/aromatic N) is 3. The van der Waals surface area contributed by atoms with E-state index in [0.717, 1.165) is 28.9 Å². The lowest BCUT2D eigenvalue weighted by Crippen LogP contribution is -2.23. The van der Waals surface area contributed by atoms with Gasteiger partial charge >= 0.3 is 0 Å². The first kappa shape index (κ1) is 24.2. The minimum absolute atomic E-state index is 0.0535. The lowest BCUT2D eigenvalue weighted by Gasteiger charge is -2.20. The number of anilines is 3. The maximum atomic E-state index is 6.51. The molecule has 0 aliphatic carbocycles.